The Kier molecular flexibility index (Phi) is 5.88. The molecule has 4 aromatic rings. The van der Waals surface area contributed by atoms with E-state index in [4.69, 9.17) is 14.5 Å². The molecule has 0 N–H and O–H groups in total. The average molecular weight is 530 g/mol. The molecule has 2 atom stereocenters. The zero-order valence-electron chi connectivity index (χ0n) is 22.5. The van der Waals surface area contributed by atoms with E-state index in [0.717, 1.165) is 27.8 Å². The fourth-order valence-corrected chi connectivity index (χ4v) is 6.45. The number of carbonyl (C=O) groups is 1. The second-order valence-corrected chi connectivity index (χ2v) is 11.1. The molecular formula is C35H31NO4. The quantitative estimate of drug-likeness (QED) is 0.268. The van der Waals surface area contributed by atoms with Gasteiger partial charge in [-0.15, -0.1) is 0 Å². The van der Waals surface area contributed by atoms with Crippen LogP contribution in [0.4, 0.5) is 0 Å². The van der Waals surface area contributed by atoms with Crippen molar-refractivity contribution in [2.75, 3.05) is 6.54 Å². The molecule has 0 saturated carbocycles. The van der Waals surface area contributed by atoms with Gasteiger partial charge in [0.05, 0.1) is 0 Å². The highest BCUT2D eigenvalue weighted by Gasteiger charge is 2.72. The zero-order chi connectivity index (χ0) is 27.2. The first-order valence-electron chi connectivity index (χ1n) is 13.8. The molecule has 2 unspecified atom stereocenters. The number of nitrogens with zero attached hydrogens (tertiary/aromatic N) is 1. The summed E-state index contributed by atoms with van der Waals surface area (Å²) in [7, 11) is 0. The molecule has 3 aliphatic heterocycles. The van der Waals surface area contributed by atoms with E-state index in [2.05, 4.69) is 31.2 Å². The predicted octanol–water partition coefficient (Wildman–Crippen LogP) is 6.78. The predicted molar refractivity (Wildman–Crippen MR) is 152 cm³/mol. The molecule has 3 heterocycles. The van der Waals surface area contributed by atoms with Gasteiger partial charge in [0.1, 0.15) is 11.2 Å². The number of carbonyl (C=O) groups excluding carboxylic acids is 1. The van der Waals surface area contributed by atoms with Gasteiger partial charge in [-0.25, -0.2) is 4.89 Å². The van der Waals surface area contributed by atoms with Crippen molar-refractivity contribution < 1.29 is 19.3 Å². The molecule has 200 valence electrons. The van der Waals surface area contributed by atoms with Crippen LogP contribution in [-0.2, 0) is 31.5 Å². The summed E-state index contributed by atoms with van der Waals surface area (Å²) in [5.74, 6) is -0.621. The van der Waals surface area contributed by atoms with E-state index in [1.165, 1.54) is 0 Å². The lowest BCUT2D eigenvalue weighted by Crippen LogP contribution is -2.67. The molecule has 40 heavy (non-hydrogen) atoms. The Labute approximate surface area is 234 Å². The second kappa shape index (κ2) is 9.47. The van der Waals surface area contributed by atoms with Crippen LogP contribution < -0.4 is 0 Å². The summed E-state index contributed by atoms with van der Waals surface area (Å²) >= 11 is 0. The van der Waals surface area contributed by atoms with Crippen LogP contribution in [-0.4, -0.2) is 23.1 Å². The van der Waals surface area contributed by atoms with E-state index >= 15 is 0 Å². The molecule has 4 aromatic carbocycles. The highest BCUT2D eigenvalue weighted by Crippen LogP contribution is 2.63. The van der Waals surface area contributed by atoms with Crippen molar-refractivity contribution in [2.24, 2.45) is 5.41 Å². The summed E-state index contributed by atoms with van der Waals surface area (Å²) in [5, 5.41) is 0. The Balaban J connectivity index is 1.40. The molecule has 0 bridgehead atoms. The molecule has 1 amide bonds. The lowest BCUT2D eigenvalue weighted by molar-refractivity contribution is -0.501. The van der Waals surface area contributed by atoms with Gasteiger partial charge in [0.15, 0.2) is 5.60 Å². The Morgan fingerprint density at radius 3 is 1.98 bits per heavy atom. The highest BCUT2D eigenvalue weighted by molar-refractivity contribution is 5.91. The minimum absolute atomic E-state index is 0.00995. The van der Waals surface area contributed by atoms with Gasteiger partial charge in [-0.3, -0.25) is 4.79 Å². The first-order chi connectivity index (χ1) is 19.5. The Morgan fingerprint density at radius 2 is 1.35 bits per heavy atom. The van der Waals surface area contributed by atoms with E-state index in [-0.39, 0.29) is 5.91 Å². The van der Waals surface area contributed by atoms with Crippen molar-refractivity contribution in [1.29, 1.82) is 0 Å². The van der Waals surface area contributed by atoms with E-state index in [1.807, 2.05) is 102 Å². The summed E-state index contributed by atoms with van der Waals surface area (Å²) < 4.78 is 6.67. The third-order valence-electron chi connectivity index (χ3n) is 8.59. The molecule has 2 saturated heterocycles. The summed E-state index contributed by atoms with van der Waals surface area (Å²) in [6.07, 6.45) is 2.84. The number of likely N-dealkylation sites (tertiary alicyclic amines) is 1. The number of aryl methyl sites for hydroxylation is 1. The maximum absolute atomic E-state index is 14.8. The number of amides is 1. The van der Waals surface area contributed by atoms with Crippen LogP contribution in [0.2, 0.25) is 0 Å². The lowest BCUT2D eigenvalue weighted by atomic mass is 9.64. The lowest BCUT2D eigenvalue weighted by Gasteiger charge is -2.55. The summed E-state index contributed by atoms with van der Waals surface area (Å²) in [6.45, 7) is 3.08. The van der Waals surface area contributed by atoms with E-state index in [0.29, 0.717) is 31.7 Å². The number of rotatable bonds is 5. The van der Waals surface area contributed by atoms with Gasteiger partial charge < -0.3 is 9.64 Å². The molecule has 7 rings (SSSR count). The number of benzene rings is 4. The van der Waals surface area contributed by atoms with Gasteiger partial charge >= 0.3 is 0 Å². The fraction of sp³-hybridized carbons (Fsp3) is 0.229. The smallest absolute Gasteiger partial charge is 0.260 e. The van der Waals surface area contributed by atoms with Crippen molar-refractivity contribution in [2.45, 2.75) is 37.7 Å². The molecule has 0 aromatic heterocycles. The van der Waals surface area contributed by atoms with Gasteiger partial charge in [-0.2, -0.15) is 4.89 Å². The van der Waals surface area contributed by atoms with Crippen LogP contribution in [0.1, 0.15) is 40.7 Å². The average Bonchev–Trinajstić information content (AvgIpc) is 3.37. The molecule has 0 aliphatic carbocycles. The topological polar surface area (TPSA) is 48.0 Å². The van der Waals surface area contributed by atoms with Crippen LogP contribution in [0.25, 0.3) is 5.76 Å². The SMILES string of the molecule is Cc1ccc(C2=CC34CC(c5ccccc5)(c5ccccc5)OOC3(CCN(Cc3ccccc3)C4=O)O2)cc1. The fourth-order valence-electron chi connectivity index (χ4n) is 6.45. The van der Waals surface area contributed by atoms with Crippen molar-refractivity contribution in [3.8, 4) is 0 Å². The zero-order valence-corrected chi connectivity index (χ0v) is 22.5. The minimum atomic E-state index is -1.26. The first-order valence-corrected chi connectivity index (χ1v) is 13.8. The Bertz CT molecular complexity index is 1510. The maximum Gasteiger partial charge on any atom is 0.260 e. The summed E-state index contributed by atoms with van der Waals surface area (Å²) in [5.41, 5.74) is 2.89. The third kappa shape index (κ3) is 3.80. The van der Waals surface area contributed by atoms with Crippen molar-refractivity contribution in [3.05, 3.63) is 149 Å². The highest BCUT2D eigenvalue weighted by atomic mass is 17.2. The van der Waals surface area contributed by atoms with Gasteiger partial charge in [-0.1, -0.05) is 121 Å². The van der Waals surface area contributed by atoms with Crippen LogP contribution in [0, 0.1) is 12.3 Å². The molecule has 5 nitrogen and oxygen atoms in total. The second-order valence-electron chi connectivity index (χ2n) is 11.1. The molecule has 0 radical (unpaired) electrons. The minimum Gasteiger partial charge on any atom is -0.458 e. The normalized spacial score (nSPS) is 25.0. The monoisotopic (exact) mass is 529 g/mol. The van der Waals surface area contributed by atoms with Crippen LogP contribution >= 0.6 is 0 Å². The summed E-state index contributed by atoms with van der Waals surface area (Å²) in [4.78, 5) is 29.7. The van der Waals surface area contributed by atoms with Gasteiger partial charge in [0.2, 0.25) is 5.91 Å². The Morgan fingerprint density at radius 1 is 0.750 bits per heavy atom. The van der Waals surface area contributed by atoms with E-state index in [9.17, 15) is 4.79 Å². The number of hydrogen-bond donors (Lipinski definition) is 0. The Hall–Kier alpha value is -4.19. The molecule has 2 fully saturated rings. The number of piperidine rings is 1. The maximum atomic E-state index is 14.8. The van der Waals surface area contributed by atoms with Crippen LogP contribution in [0.15, 0.2) is 121 Å². The molecule has 0 spiro atoms. The van der Waals surface area contributed by atoms with E-state index < -0.39 is 16.8 Å². The van der Waals surface area contributed by atoms with Crippen LogP contribution in [0.5, 0.6) is 0 Å². The molecular weight excluding hydrogens is 498 g/mol. The van der Waals surface area contributed by atoms with Gasteiger partial charge in [-0.05, 0) is 29.7 Å². The molecule has 5 heteroatoms. The first kappa shape index (κ1) is 24.8. The largest absolute Gasteiger partial charge is 0.458 e. The standard InChI is InChI=1S/C35H31NO4/c1-26-17-19-28(20-18-26)31-23-33-25-34(29-13-7-3-8-14-29,30-15-9-4-10-16-30)39-40-35(33,38-31)21-22-36(32(33)37)24-27-11-5-2-6-12-27/h2-20,23H,21-22,24-25H2,1H3. The van der Waals surface area contributed by atoms with Crippen molar-refractivity contribution in [1.82, 2.24) is 4.90 Å². The molecule has 3 aliphatic rings. The number of hydrogen-bond acceptors (Lipinski definition) is 4. The van der Waals surface area contributed by atoms with Crippen LogP contribution in [0.3, 0.4) is 0 Å². The number of ether oxygens (including phenoxy) is 1. The van der Waals surface area contributed by atoms with Gasteiger partial charge in [0.25, 0.3) is 5.79 Å². The van der Waals surface area contributed by atoms with Gasteiger partial charge in [0, 0.05) is 31.5 Å². The van der Waals surface area contributed by atoms with E-state index in [1.54, 1.807) is 0 Å². The third-order valence-corrected chi connectivity index (χ3v) is 8.59. The van der Waals surface area contributed by atoms with Crippen molar-refractivity contribution >= 4 is 11.7 Å². The van der Waals surface area contributed by atoms with Crippen molar-refractivity contribution in [3.63, 3.8) is 0 Å². The summed E-state index contributed by atoms with van der Waals surface area (Å²) in [6, 6.07) is 38.4.